The van der Waals surface area contributed by atoms with Crippen molar-refractivity contribution in [1.29, 1.82) is 0 Å². The topological polar surface area (TPSA) is 21.3 Å². The van der Waals surface area contributed by atoms with E-state index in [1.165, 1.54) is 10.9 Å². The lowest BCUT2D eigenvalue weighted by Gasteiger charge is -1.96. The lowest BCUT2D eigenvalue weighted by atomic mass is 10.9. The van der Waals surface area contributed by atoms with Crippen molar-refractivity contribution in [3.05, 3.63) is 6.20 Å². The molecule has 0 atom stereocenters. The van der Waals surface area contributed by atoms with Gasteiger partial charge in [-0.1, -0.05) is 0 Å². The van der Waals surface area contributed by atoms with Crippen molar-refractivity contribution < 1.29 is 4.74 Å². The third-order valence-corrected chi connectivity index (χ3v) is 1.33. The van der Waals surface area contributed by atoms with E-state index in [4.69, 9.17) is 4.74 Å². The van der Waals surface area contributed by atoms with Gasteiger partial charge in [-0.15, -0.1) is 0 Å². The Hall–Kier alpha value is -0.500. The summed E-state index contributed by atoms with van der Waals surface area (Å²) in [5, 5.41) is 6.58. The van der Waals surface area contributed by atoms with Gasteiger partial charge >= 0.3 is 0 Å². The predicted molar refractivity (Wildman–Crippen MR) is 36.9 cm³/mol. The zero-order valence-corrected chi connectivity index (χ0v) is 5.42. The Morgan fingerprint density at radius 3 is 3.38 bits per heavy atom. The molecule has 0 unspecified atom stereocenters. The summed E-state index contributed by atoms with van der Waals surface area (Å²) in [5.74, 6) is 0. The fourth-order valence-electron chi connectivity index (χ4n) is 0.403. The van der Waals surface area contributed by atoms with Crippen molar-refractivity contribution in [2.75, 3.05) is 6.61 Å². The van der Waals surface area contributed by atoms with Gasteiger partial charge in [0.1, 0.15) is 0 Å². The minimum absolute atomic E-state index is 0.713. The van der Waals surface area contributed by atoms with Crippen molar-refractivity contribution in [3.63, 3.8) is 0 Å². The smallest absolute Gasteiger partial charge is 0.211 e. The van der Waals surface area contributed by atoms with Crippen molar-refractivity contribution in [2.24, 2.45) is 0 Å². The second kappa shape index (κ2) is 2.72. The van der Waals surface area contributed by atoms with Gasteiger partial charge in [-0.25, -0.2) is 0 Å². The molecule has 0 aliphatic carbocycles. The van der Waals surface area contributed by atoms with Crippen LogP contribution in [0.25, 0.3) is 0 Å². The van der Waals surface area contributed by atoms with Crippen molar-refractivity contribution in [2.45, 2.75) is 6.92 Å². The summed E-state index contributed by atoms with van der Waals surface area (Å²) in [6.07, 6.45) is 1.73. The predicted octanol–water partition coefficient (Wildman–Crippen LogP) is 0.361. The van der Waals surface area contributed by atoms with Gasteiger partial charge < -0.3 is 10.1 Å². The van der Waals surface area contributed by atoms with Crippen LogP contribution in [0.2, 0.25) is 0 Å². The normalized spacial score (nSPS) is 14.9. The van der Waals surface area contributed by atoms with E-state index in [0.29, 0.717) is 6.61 Å². The summed E-state index contributed by atoms with van der Waals surface area (Å²) >= 11 is 0. The molecule has 3 heteroatoms. The van der Waals surface area contributed by atoms with Crippen LogP contribution >= 0.6 is 10.9 Å². The van der Waals surface area contributed by atoms with E-state index in [2.05, 4.69) is 10.3 Å². The zero-order valence-electron chi connectivity index (χ0n) is 4.60. The minimum atomic E-state index is 0.713. The molecule has 0 saturated heterocycles. The lowest BCUT2D eigenvalue weighted by Crippen LogP contribution is -2.15. The summed E-state index contributed by atoms with van der Waals surface area (Å²) in [6, 6.07) is 0. The van der Waals surface area contributed by atoms with Crippen LogP contribution in [0.3, 0.4) is 0 Å². The van der Waals surface area contributed by atoms with E-state index in [9.17, 15) is 0 Å². The van der Waals surface area contributed by atoms with Crippen molar-refractivity contribution in [3.8, 4) is 0 Å². The molecule has 0 amide bonds. The number of rotatable bonds is 1. The fourth-order valence-corrected chi connectivity index (χ4v) is 0.923. The van der Waals surface area contributed by atoms with Crippen molar-refractivity contribution in [1.82, 2.24) is 5.32 Å². The molecule has 8 heavy (non-hydrogen) atoms. The molecule has 0 saturated carbocycles. The van der Waals surface area contributed by atoms with E-state index in [1.54, 1.807) is 6.20 Å². The van der Waals surface area contributed by atoms with E-state index in [-0.39, 0.29) is 0 Å². The summed E-state index contributed by atoms with van der Waals surface area (Å²) in [6.45, 7) is 2.67. The quantitative estimate of drug-likeness (QED) is 0.516. The molecule has 1 N–H and O–H groups in total. The first kappa shape index (κ1) is 5.63. The minimum Gasteiger partial charge on any atom is -0.326 e. The number of nitrogens with one attached hydrogen (secondary N) is 1. The van der Waals surface area contributed by atoms with Gasteiger partial charge in [-0.2, -0.15) is 0 Å². The monoisotopic (exact) mass is 129 g/mol. The lowest BCUT2D eigenvalue weighted by molar-refractivity contribution is 0.325. The SMILES string of the molecule is CCOC1=S=C=CN1. The van der Waals surface area contributed by atoms with Crippen molar-refractivity contribution >= 4 is 21.1 Å². The fraction of sp³-hybridized carbons (Fsp3) is 0.400. The highest BCUT2D eigenvalue weighted by Gasteiger charge is 1.91. The highest BCUT2D eigenvalue weighted by molar-refractivity contribution is 7.96. The van der Waals surface area contributed by atoms with Gasteiger partial charge in [0.25, 0.3) is 0 Å². The summed E-state index contributed by atoms with van der Waals surface area (Å²) in [4.78, 5) is 0. The molecule has 1 aliphatic heterocycles. The molecule has 0 aromatic rings. The largest absolute Gasteiger partial charge is 0.326 e. The Morgan fingerprint density at radius 2 is 2.88 bits per heavy atom. The molecular formula is C5H7NOS. The molecular weight excluding hydrogens is 122 g/mol. The summed E-state index contributed by atoms with van der Waals surface area (Å²) < 4.78 is 5.08. The molecule has 0 spiro atoms. The van der Waals surface area contributed by atoms with Crippen LogP contribution in [0.1, 0.15) is 6.92 Å². The van der Waals surface area contributed by atoms with E-state index in [1.807, 2.05) is 6.92 Å². The third-order valence-electron chi connectivity index (χ3n) is 0.676. The molecule has 0 fully saturated rings. The Balaban J connectivity index is 2.51. The highest BCUT2D eigenvalue weighted by Crippen LogP contribution is 1.83. The molecule has 1 heterocycles. The Labute approximate surface area is 51.7 Å². The number of hydrogen-bond acceptors (Lipinski definition) is 2. The summed E-state index contributed by atoms with van der Waals surface area (Å²) in [5.41, 5.74) is 0. The molecule has 0 aromatic carbocycles. The van der Waals surface area contributed by atoms with Gasteiger partial charge in [-0.3, -0.25) is 0 Å². The van der Waals surface area contributed by atoms with Crippen LogP contribution in [-0.2, 0) is 4.74 Å². The first-order chi connectivity index (χ1) is 3.93. The van der Waals surface area contributed by atoms with Crippen LogP contribution in [0.4, 0.5) is 0 Å². The molecule has 44 valence electrons. The highest BCUT2D eigenvalue weighted by atomic mass is 32.1. The van der Waals surface area contributed by atoms with Gasteiger partial charge in [-0.05, 0) is 22.9 Å². The van der Waals surface area contributed by atoms with Crippen LogP contribution in [0.15, 0.2) is 6.20 Å². The van der Waals surface area contributed by atoms with Gasteiger partial charge in [0.05, 0.1) is 12.8 Å². The van der Waals surface area contributed by atoms with E-state index < -0.39 is 0 Å². The molecule has 0 radical (unpaired) electrons. The summed E-state index contributed by atoms with van der Waals surface area (Å²) in [7, 11) is 1.44. The molecule has 0 bridgehead atoms. The Bertz CT molecular complexity index is 175. The Morgan fingerprint density at radius 1 is 2.00 bits per heavy atom. The standard InChI is InChI=1S/C5H7NOS/c1-2-7-5-6-3-4-8-5/h3,6H,2H2,1H3. The molecule has 2 nitrogen and oxygen atoms in total. The number of hydrogen-bond donors (Lipinski definition) is 1. The zero-order chi connectivity index (χ0) is 5.82. The van der Waals surface area contributed by atoms with Crippen LogP contribution in [0.5, 0.6) is 0 Å². The number of ether oxygens (including phenoxy) is 1. The third kappa shape index (κ3) is 1.23. The van der Waals surface area contributed by atoms with Crippen LogP contribution in [0, 0.1) is 0 Å². The van der Waals surface area contributed by atoms with Crippen LogP contribution in [-0.4, -0.2) is 16.8 Å². The molecule has 1 rings (SSSR count). The first-order valence-corrected chi connectivity index (χ1v) is 3.25. The maximum Gasteiger partial charge on any atom is 0.211 e. The average molecular weight is 129 g/mol. The van der Waals surface area contributed by atoms with E-state index in [0.717, 1.165) is 5.17 Å². The molecule has 1 aliphatic rings. The van der Waals surface area contributed by atoms with Crippen LogP contribution < -0.4 is 5.32 Å². The second-order valence-corrected chi connectivity index (χ2v) is 2.04. The first-order valence-electron chi connectivity index (χ1n) is 2.44. The second-order valence-electron chi connectivity index (χ2n) is 1.23. The van der Waals surface area contributed by atoms with Gasteiger partial charge in [0.15, 0.2) is 0 Å². The maximum absolute atomic E-state index is 5.08. The van der Waals surface area contributed by atoms with Gasteiger partial charge in [0, 0.05) is 0 Å². The Kier molecular flexibility index (Phi) is 1.92. The van der Waals surface area contributed by atoms with Gasteiger partial charge in [0.2, 0.25) is 5.17 Å². The maximum atomic E-state index is 5.08. The average Bonchev–Trinajstić information content (AvgIpc) is 2.19. The van der Waals surface area contributed by atoms with E-state index >= 15 is 0 Å². The molecule has 0 aromatic heterocycles.